The summed E-state index contributed by atoms with van der Waals surface area (Å²) in [5, 5.41) is 8.10. The molecule has 0 aliphatic carbocycles. The highest BCUT2D eigenvalue weighted by Crippen LogP contribution is 2.31. The number of amides is 1. The Morgan fingerprint density at radius 3 is 2.79 bits per heavy atom. The van der Waals surface area contributed by atoms with Crippen molar-refractivity contribution in [3.63, 3.8) is 0 Å². The fourth-order valence-corrected chi connectivity index (χ4v) is 3.31. The summed E-state index contributed by atoms with van der Waals surface area (Å²) in [6.07, 6.45) is 0. The van der Waals surface area contributed by atoms with Gasteiger partial charge in [-0.3, -0.25) is 9.89 Å². The lowest BCUT2D eigenvalue weighted by Gasteiger charge is -2.16. The largest absolute Gasteiger partial charge is 0.328 e. The minimum Gasteiger partial charge on any atom is -0.328 e. The lowest BCUT2D eigenvalue weighted by atomic mass is 10.1. The maximum Gasteiger partial charge on any atom is 0.254 e. The first-order valence-electron chi connectivity index (χ1n) is 7.80. The highest BCUT2D eigenvalue weighted by atomic mass is 35.5. The second-order valence-electron chi connectivity index (χ2n) is 6.07. The van der Waals surface area contributed by atoms with E-state index in [0.29, 0.717) is 23.7 Å². The predicted octanol–water partition coefficient (Wildman–Crippen LogP) is 4.19. The van der Waals surface area contributed by atoms with Gasteiger partial charge >= 0.3 is 0 Å². The molecule has 0 spiro atoms. The van der Waals surface area contributed by atoms with Crippen molar-refractivity contribution in [1.82, 2.24) is 15.1 Å². The second-order valence-corrected chi connectivity index (χ2v) is 6.51. The molecule has 1 aliphatic heterocycles. The van der Waals surface area contributed by atoms with Crippen LogP contribution in [0.1, 0.15) is 27.2 Å². The average molecular weight is 338 g/mol. The zero-order chi connectivity index (χ0) is 16.7. The second kappa shape index (κ2) is 5.80. The van der Waals surface area contributed by atoms with Crippen LogP contribution in [0, 0.1) is 6.92 Å². The lowest BCUT2D eigenvalue weighted by Crippen LogP contribution is -2.25. The topological polar surface area (TPSA) is 49.0 Å². The molecular formula is C19H16ClN3O. The molecule has 120 valence electrons. The summed E-state index contributed by atoms with van der Waals surface area (Å²) < 4.78 is 0. The number of hydrogen-bond acceptors (Lipinski definition) is 2. The minimum absolute atomic E-state index is 0.0164. The number of H-pyrrole nitrogens is 1. The highest BCUT2D eigenvalue weighted by Gasteiger charge is 2.29. The summed E-state index contributed by atoms with van der Waals surface area (Å²) in [7, 11) is 0. The molecular weight excluding hydrogens is 322 g/mol. The third-order valence-corrected chi connectivity index (χ3v) is 4.54. The average Bonchev–Trinajstić information content (AvgIpc) is 3.14. The minimum atomic E-state index is -0.0164. The zero-order valence-electron chi connectivity index (χ0n) is 13.2. The molecule has 2 aromatic carbocycles. The molecule has 2 heterocycles. The van der Waals surface area contributed by atoms with Gasteiger partial charge in [-0.2, -0.15) is 5.10 Å². The molecule has 0 saturated heterocycles. The number of aromatic nitrogens is 2. The van der Waals surface area contributed by atoms with Gasteiger partial charge in [-0.1, -0.05) is 41.4 Å². The number of fused-ring (bicyclic) bond motifs is 1. The van der Waals surface area contributed by atoms with E-state index in [0.717, 1.165) is 22.5 Å². The molecule has 3 aromatic rings. The Kier molecular flexibility index (Phi) is 3.62. The van der Waals surface area contributed by atoms with E-state index in [4.69, 9.17) is 11.6 Å². The third-order valence-electron chi connectivity index (χ3n) is 4.30. The van der Waals surface area contributed by atoms with Crippen molar-refractivity contribution < 1.29 is 4.79 Å². The van der Waals surface area contributed by atoms with Crippen LogP contribution in [0.15, 0.2) is 48.5 Å². The Morgan fingerprint density at radius 2 is 2.00 bits per heavy atom. The molecule has 0 bridgehead atoms. The Morgan fingerprint density at radius 1 is 1.17 bits per heavy atom. The Bertz CT molecular complexity index is 932. The number of halogens is 1. The van der Waals surface area contributed by atoms with Crippen molar-refractivity contribution in [3.8, 4) is 11.3 Å². The molecule has 4 nitrogen and oxygen atoms in total. The van der Waals surface area contributed by atoms with Gasteiger partial charge in [0.05, 0.1) is 24.5 Å². The van der Waals surface area contributed by atoms with E-state index in [9.17, 15) is 4.79 Å². The number of aromatic amines is 1. The van der Waals surface area contributed by atoms with Crippen LogP contribution in [0.4, 0.5) is 0 Å². The number of hydrogen-bond donors (Lipinski definition) is 1. The van der Waals surface area contributed by atoms with Crippen LogP contribution in [-0.2, 0) is 13.1 Å². The molecule has 0 fully saturated rings. The molecule has 0 saturated carbocycles. The van der Waals surface area contributed by atoms with E-state index >= 15 is 0 Å². The molecule has 1 amide bonds. The summed E-state index contributed by atoms with van der Waals surface area (Å²) in [6, 6.07) is 15.3. The van der Waals surface area contributed by atoms with Crippen LogP contribution in [0.3, 0.4) is 0 Å². The Balaban J connectivity index is 1.62. The van der Waals surface area contributed by atoms with Crippen LogP contribution in [-0.4, -0.2) is 21.0 Å². The van der Waals surface area contributed by atoms with Crippen LogP contribution >= 0.6 is 11.6 Å². The van der Waals surface area contributed by atoms with Gasteiger partial charge in [0.25, 0.3) is 5.91 Å². The molecule has 1 aromatic heterocycles. The van der Waals surface area contributed by atoms with Crippen LogP contribution in [0.2, 0.25) is 5.02 Å². The molecule has 0 unspecified atom stereocenters. The van der Waals surface area contributed by atoms with Gasteiger partial charge in [0.2, 0.25) is 0 Å². The zero-order valence-corrected chi connectivity index (χ0v) is 14.0. The first-order chi connectivity index (χ1) is 11.6. The quantitative estimate of drug-likeness (QED) is 0.762. The lowest BCUT2D eigenvalue weighted by molar-refractivity contribution is 0.0749. The highest BCUT2D eigenvalue weighted by molar-refractivity contribution is 6.30. The summed E-state index contributed by atoms with van der Waals surface area (Å²) in [5.74, 6) is -0.0164. The predicted molar refractivity (Wildman–Crippen MR) is 93.8 cm³/mol. The van der Waals surface area contributed by atoms with Crippen LogP contribution in [0.5, 0.6) is 0 Å². The molecule has 1 aliphatic rings. The first-order valence-corrected chi connectivity index (χ1v) is 8.17. The van der Waals surface area contributed by atoms with E-state index in [-0.39, 0.29) is 5.91 Å². The number of rotatable bonds is 2. The molecule has 24 heavy (non-hydrogen) atoms. The van der Waals surface area contributed by atoms with Gasteiger partial charge in [0.15, 0.2) is 0 Å². The molecule has 5 heteroatoms. The SMILES string of the molecule is Cc1cccc(-c2n[nH]c3c2CN(C(=O)c2cccc(Cl)c2)C3)c1. The Hall–Kier alpha value is -2.59. The number of benzene rings is 2. The summed E-state index contributed by atoms with van der Waals surface area (Å²) in [4.78, 5) is 14.5. The van der Waals surface area contributed by atoms with E-state index in [2.05, 4.69) is 29.3 Å². The Labute approximate surface area is 145 Å². The van der Waals surface area contributed by atoms with Gasteiger partial charge in [0, 0.05) is 21.7 Å². The van der Waals surface area contributed by atoms with Gasteiger partial charge in [0.1, 0.15) is 0 Å². The van der Waals surface area contributed by atoms with Gasteiger partial charge in [-0.05, 0) is 31.2 Å². The summed E-state index contributed by atoms with van der Waals surface area (Å²) in [6.45, 7) is 3.16. The third kappa shape index (κ3) is 2.59. The van der Waals surface area contributed by atoms with E-state index < -0.39 is 0 Å². The van der Waals surface area contributed by atoms with Crippen LogP contribution < -0.4 is 0 Å². The van der Waals surface area contributed by atoms with Gasteiger partial charge < -0.3 is 4.90 Å². The van der Waals surface area contributed by atoms with Crippen molar-refractivity contribution in [2.75, 3.05) is 0 Å². The van der Waals surface area contributed by atoms with Crippen molar-refractivity contribution in [2.45, 2.75) is 20.0 Å². The maximum atomic E-state index is 12.7. The van der Waals surface area contributed by atoms with Crippen molar-refractivity contribution in [3.05, 3.63) is 75.9 Å². The molecule has 1 N–H and O–H groups in total. The number of carbonyl (C=O) groups excluding carboxylic acids is 1. The van der Waals surface area contributed by atoms with Crippen LogP contribution in [0.25, 0.3) is 11.3 Å². The van der Waals surface area contributed by atoms with E-state index in [1.165, 1.54) is 5.56 Å². The van der Waals surface area contributed by atoms with Crippen molar-refractivity contribution >= 4 is 17.5 Å². The first kappa shape index (κ1) is 15.0. The van der Waals surface area contributed by atoms with E-state index in [1.807, 2.05) is 17.0 Å². The monoisotopic (exact) mass is 337 g/mol. The molecule has 0 atom stereocenters. The number of aryl methyl sites for hydroxylation is 1. The normalized spacial score (nSPS) is 13.2. The van der Waals surface area contributed by atoms with Crippen molar-refractivity contribution in [1.29, 1.82) is 0 Å². The number of nitrogens with zero attached hydrogens (tertiary/aromatic N) is 2. The number of carbonyl (C=O) groups is 1. The van der Waals surface area contributed by atoms with Gasteiger partial charge in [-0.25, -0.2) is 0 Å². The van der Waals surface area contributed by atoms with Gasteiger partial charge in [-0.15, -0.1) is 0 Å². The maximum absolute atomic E-state index is 12.7. The number of nitrogens with one attached hydrogen (secondary N) is 1. The fraction of sp³-hybridized carbons (Fsp3) is 0.158. The van der Waals surface area contributed by atoms with E-state index in [1.54, 1.807) is 24.3 Å². The van der Waals surface area contributed by atoms with Crippen molar-refractivity contribution in [2.24, 2.45) is 0 Å². The standard InChI is InChI=1S/C19H16ClN3O/c1-12-4-2-5-13(8-12)18-16-10-23(11-17(16)21-22-18)19(24)14-6-3-7-15(20)9-14/h2-9H,10-11H2,1H3,(H,21,22). The smallest absolute Gasteiger partial charge is 0.254 e. The fourth-order valence-electron chi connectivity index (χ4n) is 3.12. The summed E-state index contributed by atoms with van der Waals surface area (Å²) >= 11 is 6.00. The molecule has 0 radical (unpaired) electrons. The summed E-state index contributed by atoms with van der Waals surface area (Å²) in [5.41, 5.74) is 5.89. The molecule has 4 rings (SSSR count).